The number of nitrogens with zero attached hydrogens (tertiary/aromatic N) is 1. The highest BCUT2D eigenvalue weighted by molar-refractivity contribution is 7.99. The van der Waals surface area contributed by atoms with Crippen molar-refractivity contribution in [2.24, 2.45) is 17.8 Å². The van der Waals surface area contributed by atoms with Crippen molar-refractivity contribution < 1.29 is 19.7 Å². The van der Waals surface area contributed by atoms with Gasteiger partial charge in [-0.2, -0.15) is 11.8 Å². The summed E-state index contributed by atoms with van der Waals surface area (Å²) in [4.78, 5) is 14.2. The molecule has 0 bridgehead atoms. The van der Waals surface area contributed by atoms with E-state index in [0.29, 0.717) is 50.3 Å². The summed E-state index contributed by atoms with van der Waals surface area (Å²) in [7, 11) is 0. The molecule has 0 radical (unpaired) electrons. The van der Waals surface area contributed by atoms with Crippen LogP contribution in [-0.2, 0) is 16.0 Å². The molecule has 1 aromatic rings. The molecule has 2 fully saturated rings. The lowest BCUT2D eigenvalue weighted by Gasteiger charge is -2.26. The molecular formula is C27H37NO4S. The fraction of sp³-hybridized carbons (Fsp3) is 0.593. The van der Waals surface area contributed by atoms with E-state index in [0.717, 1.165) is 30.6 Å². The number of hydrogen-bond acceptors (Lipinski definition) is 5. The number of rotatable bonds is 9. The summed E-state index contributed by atoms with van der Waals surface area (Å²) < 4.78 is 5.31. The third-order valence-electron chi connectivity index (χ3n) is 7.19. The predicted molar refractivity (Wildman–Crippen MR) is 133 cm³/mol. The average molecular weight is 472 g/mol. The zero-order valence-corrected chi connectivity index (χ0v) is 20.4. The monoisotopic (exact) mass is 471 g/mol. The Morgan fingerprint density at radius 1 is 1.33 bits per heavy atom. The largest absolute Gasteiger partial charge is 0.392 e. The first-order chi connectivity index (χ1) is 16.0. The van der Waals surface area contributed by atoms with Gasteiger partial charge in [-0.05, 0) is 49.3 Å². The van der Waals surface area contributed by atoms with Crippen LogP contribution in [-0.4, -0.2) is 71.0 Å². The van der Waals surface area contributed by atoms with Crippen molar-refractivity contribution in [3.63, 3.8) is 0 Å². The van der Waals surface area contributed by atoms with E-state index in [9.17, 15) is 15.0 Å². The maximum Gasteiger partial charge on any atom is 0.232 e. The molecule has 1 heterocycles. The van der Waals surface area contributed by atoms with E-state index in [1.165, 1.54) is 11.1 Å². The third-order valence-corrected chi connectivity index (χ3v) is 8.13. The number of carbonyl (C=O) groups excluding carboxylic acids is 1. The summed E-state index contributed by atoms with van der Waals surface area (Å²) >= 11 is 1.72. The molecule has 0 spiro atoms. The van der Waals surface area contributed by atoms with Crippen LogP contribution in [0.25, 0.3) is 0 Å². The van der Waals surface area contributed by atoms with Crippen molar-refractivity contribution in [1.82, 2.24) is 4.90 Å². The van der Waals surface area contributed by atoms with E-state index in [1.54, 1.807) is 11.8 Å². The molecule has 5 nitrogen and oxygen atoms in total. The Labute approximate surface area is 201 Å². The first-order valence-electron chi connectivity index (χ1n) is 12.2. The smallest absolute Gasteiger partial charge is 0.232 e. The summed E-state index contributed by atoms with van der Waals surface area (Å²) in [5.74, 6) is 2.68. The summed E-state index contributed by atoms with van der Waals surface area (Å²) in [5.41, 5.74) is 3.79. The maximum atomic E-state index is 12.3. The minimum Gasteiger partial charge on any atom is -0.392 e. The fourth-order valence-corrected chi connectivity index (χ4v) is 6.37. The van der Waals surface area contributed by atoms with E-state index in [-0.39, 0.29) is 17.9 Å². The lowest BCUT2D eigenvalue weighted by molar-refractivity contribution is -0.132. The molecule has 5 atom stereocenters. The van der Waals surface area contributed by atoms with Crippen LogP contribution in [0.1, 0.15) is 30.4 Å². The Morgan fingerprint density at radius 2 is 2.15 bits per heavy atom. The van der Waals surface area contributed by atoms with Crippen LogP contribution >= 0.6 is 11.8 Å². The van der Waals surface area contributed by atoms with Gasteiger partial charge in [-0.15, -0.1) is 0 Å². The third kappa shape index (κ3) is 6.72. The van der Waals surface area contributed by atoms with Gasteiger partial charge in [0, 0.05) is 25.4 Å². The van der Waals surface area contributed by atoms with Crippen LogP contribution in [0.3, 0.4) is 0 Å². The first-order valence-corrected chi connectivity index (χ1v) is 13.4. The quantitative estimate of drug-likeness (QED) is 0.427. The number of aliphatic hydroxyl groups is 2. The average Bonchev–Trinajstić information content (AvgIpc) is 3.32. The number of aliphatic hydroxyl groups excluding tert-OH is 2. The summed E-state index contributed by atoms with van der Waals surface area (Å²) in [6.45, 7) is 4.79. The number of ether oxygens (including phenoxy) is 1. The SMILES string of the molecule is Cc1cccc(C[C@H](O)C=C[C@@H]2[C@H]3CC(CCSCC(=O)N4CCOCC4)=C[C@H]3C[C@H]2O)c1. The number of morpholine rings is 1. The molecule has 3 aliphatic rings. The maximum absolute atomic E-state index is 12.3. The molecule has 1 amide bonds. The van der Waals surface area contributed by atoms with E-state index in [4.69, 9.17) is 4.74 Å². The molecular weight excluding hydrogens is 434 g/mol. The van der Waals surface area contributed by atoms with E-state index < -0.39 is 6.10 Å². The zero-order valence-electron chi connectivity index (χ0n) is 19.6. The zero-order chi connectivity index (χ0) is 23.2. The minimum atomic E-state index is -0.535. The molecule has 1 aromatic carbocycles. The minimum absolute atomic E-state index is 0.103. The van der Waals surface area contributed by atoms with Crippen LogP contribution in [0, 0.1) is 24.7 Å². The highest BCUT2D eigenvalue weighted by Crippen LogP contribution is 2.48. The Morgan fingerprint density at radius 3 is 2.94 bits per heavy atom. The molecule has 4 rings (SSSR count). The Balaban J connectivity index is 1.21. The molecule has 33 heavy (non-hydrogen) atoms. The van der Waals surface area contributed by atoms with E-state index in [1.807, 2.05) is 23.1 Å². The van der Waals surface area contributed by atoms with Gasteiger partial charge in [0.1, 0.15) is 0 Å². The number of allylic oxidation sites excluding steroid dienone is 2. The number of hydrogen-bond donors (Lipinski definition) is 2. The molecule has 1 saturated carbocycles. The second-order valence-electron chi connectivity index (χ2n) is 9.68. The molecule has 2 N–H and O–H groups in total. The Kier molecular flexibility index (Phi) is 8.69. The van der Waals surface area contributed by atoms with Crippen molar-refractivity contribution >= 4 is 17.7 Å². The predicted octanol–water partition coefficient (Wildman–Crippen LogP) is 3.38. The number of aryl methyl sites for hydroxylation is 1. The summed E-state index contributed by atoms with van der Waals surface area (Å²) in [5, 5.41) is 21.1. The number of amides is 1. The van der Waals surface area contributed by atoms with Crippen LogP contribution < -0.4 is 0 Å². The lowest BCUT2D eigenvalue weighted by atomic mass is 9.88. The first kappa shape index (κ1) is 24.5. The van der Waals surface area contributed by atoms with Crippen molar-refractivity contribution in [2.75, 3.05) is 37.8 Å². The standard InChI is InChI=1S/C27H37NO4S/c1-19-3-2-4-20(13-19)15-23(29)5-6-24-25-16-21(14-22(25)17-26(24)30)7-12-33-18-27(31)28-8-10-32-11-9-28/h2-6,13-14,22-26,29-30H,7-12,15-18H2,1H3/t22-,23+,24+,25-,26+/m0/s1. The summed E-state index contributed by atoms with van der Waals surface area (Å²) in [6, 6.07) is 8.24. The second kappa shape index (κ2) is 11.7. The van der Waals surface area contributed by atoms with E-state index >= 15 is 0 Å². The van der Waals surface area contributed by atoms with Crippen LogP contribution in [0.5, 0.6) is 0 Å². The summed E-state index contributed by atoms with van der Waals surface area (Å²) in [6.07, 6.45) is 8.87. The lowest BCUT2D eigenvalue weighted by Crippen LogP contribution is -2.41. The number of fused-ring (bicyclic) bond motifs is 1. The van der Waals surface area contributed by atoms with Crippen LogP contribution in [0.4, 0.5) is 0 Å². The van der Waals surface area contributed by atoms with Crippen LogP contribution in [0.15, 0.2) is 48.1 Å². The number of carbonyl (C=O) groups is 1. The van der Waals surface area contributed by atoms with Crippen molar-refractivity contribution in [2.45, 2.75) is 44.8 Å². The van der Waals surface area contributed by atoms with Gasteiger partial charge in [0.05, 0.1) is 31.2 Å². The van der Waals surface area contributed by atoms with Crippen molar-refractivity contribution in [3.05, 3.63) is 59.2 Å². The second-order valence-corrected chi connectivity index (χ2v) is 10.8. The van der Waals surface area contributed by atoms with Gasteiger partial charge in [0.15, 0.2) is 0 Å². The molecule has 1 aliphatic heterocycles. The van der Waals surface area contributed by atoms with Crippen LogP contribution in [0.2, 0.25) is 0 Å². The molecule has 0 unspecified atom stereocenters. The number of benzene rings is 1. The highest BCUT2D eigenvalue weighted by Gasteiger charge is 2.43. The van der Waals surface area contributed by atoms with Gasteiger partial charge >= 0.3 is 0 Å². The Hall–Kier alpha value is -1.60. The highest BCUT2D eigenvalue weighted by atomic mass is 32.2. The molecule has 0 aromatic heterocycles. The van der Waals surface area contributed by atoms with Crippen molar-refractivity contribution in [3.8, 4) is 0 Å². The van der Waals surface area contributed by atoms with Gasteiger partial charge in [0.2, 0.25) is 5.91 Å². The van der Waals surface area contributed by atoms with Gasteiger partial charge in [0.25, 0.3) is 0 Å². The van der Waals surface area contributed by atoms with Gasteiger partial charge in [-0.1, -0.05) is 53.6 Å². The van der Waals surface area contributed by atoms with Gasteiger partial charge < -0.3 is 19.8 Å². The number of thioether (sulfide) groups is 1. The normalized spacial score (nSPS) is 28.2. The topological polar surface area (TPSA) is 70.0 Å². The molecule has 1 saturated heterocycles. The molecule has 6 heteroatoms. The Bertz CT molecular complexity index is 863. The molecule has 2 aliphatic carbocycles. The van der Waals surface area contributed by atoms with Crippen molar-refractivity contribution in [1.29, 1.82) is 0 Å². The van der Waals surface area contributed by atoms with E-state index in [2.05, 4.69) is 31.2 Å². The fourth-order valence-electron chi connectivity index (χ4n) is 5.46. The van der Waals surface area contributed by atoms with Gasteiger partial charge in [-0.3, -0.25) is 4.79 Å². The van der Waals surface area contributed by atoms with Gasteiger partial charge in [-0.25, -0.2) is 0 Å². The molecule has 180 valence electrons.